The minimum Gasteiger partial charge on any atom is -0.390 e. The molecule has 13 heavy (non-hydrogen) atoms. The number of aldehydes is 1. The maximum atomic E-state index is 10.2. The molecule has 0 amide bonds. The average molecular weight is 183 g/mol. The van der Waals surface area contributed by atoms with Crippen molar-refractivity contribution in [1.29, 1.82) is 0 Å². The number of aromatic nitrogens is 2. The number of hydrogen-bond donors (Lipinski definition) is 1. The molecule has 0 atom stereocenters. The van der Waals surface area contributed by atoms with Gasteiger partial charge in [-0.1, -0.05) is 4.98 Å². The number of nitrogens with one attached hydrogen (secondary N) is 1. The highest BCUT2D eigenvalue weighted by Crippen LogP contribution is 2.07. The topological polar surface area (TPSA) is 88.9 Å². The van der Waals surface area contributed by atoms with E-state index in [0.717, 1.165) is 6.29 Å². The van der Waals surface area contributed by atoms with Crippen LogP contribution in [-0.2, 0) is 11.2 Å². The fourth-order valence-corrected chi connectivity index (χ4v) is 0.943. The van der Waals surface area contributed by atoms with Crippen molar-refractivity contribution >= 4 is 12.2 Å². The van der Waals surface area contributed by atoms with Crippen LogP contribution in [0.4, 0.5) is 5.95 Å². The second-order valence-electron chi connectivity index (χ2n) is 2.55. The van der Waals surface area contributed by atoms with Crippen LogP contribution in [0.15, 0.2) is 6.20 Å². The smallest absolute Gasteiger partial charge is 0.390 e. The van der Waals surface area contributed by atoms with Gasteiger partial charge in [0.05, 0.1) is 0 Å². The van der Waals surface area contributed by atoms with E-state index in [1.165, 1.54) is 6.20 Å². The molecular formula is C7H9N3O3. The molecule has 0 spiro atoms. The molecule has 0 unspecified atom stereocenters. The predicted octanol–water partition coefficient (Wildman–Crippen LogP) is 0.839. The third kappa shape index (κ3) is 2.66. The van der Waals surface area contributed by atoms with E-state index in [9.17, 15) is 14.9 Å². The van der Waals surface area contributed by atoms with Crippen LogP contribution < -0.4 is 0 Å². The number of nitro groups is 1. The molecule has 0 saturated carbocycles. The molecule has 0 radical (unpaired) electrons. The number of H-pyrrole nitrogens is 1. The van der Waals surface area contributed by atoms with Crippen LogP contribution >= 0.6 is 0 Å². The summed E-state index contributed by atoms with van der Waals surface area (Å²) in [5.41, 5.74) is 0.688. The molecule has 1 aromatic heterocycles. The number of carbonyl (C=O) groups excluding carboxylic acids is 1. The van der Waals surface area contributed by atoms with Gasteiger partial charge >= 0.3 is 5.95 Å². The van der Waals surface area contributed by atoms with Crippen molar-refractivity contribution in [2.24, 2.45) is 0 Å². The molecule has 0 aliphatic carbocycles. The highest BCUT2D eigenvalue weighted by molar-refractivity contribution is 5.49. The molecule has 0 fully saturated rings. The molecule has 0 aliphatic rings. The Bertz CT molecular complexity index is 308. The normalized spacial score (nSPS) is 9.85. The van der Waals surface area contributed by atoms with Crippen molar-refractivity contribution in [3.63, 3.8) is 0 Å². The minimum absolute atomic E-state index is 0.249. The Hall–Kier alpha value is -1.72. The second kappa shape index (κ2) is 4.34. The van der Waals surface area contributed by atoms with Crippen molar-refractivity contribution in [2.45, 2.75) is 19.3 Å². The van der Waals surface area contributed by atoms with Gasteiger partial charge in [-0.2, -0.15) is 0 Å². The zero-order valence-corrected chi connectivity index (χ0v) is 6.90. The van der Waals surface area contributed by atoms with Gasteiger partial charge in [-0.3, -0.25) is 0 Å². The Morgan fingerprint density at radius 1 is 1.69 bits per heavy atom. The molecular weight excluding hydrogens is 174 g/mol. The molecule has 1 aromatic rings. The largest absolute Gasteiger partial charge is 0.432 e. The summed E-state index contributed by atoms with van der Waals surface area (Å²) in [6, 6.07) is 0. The van der Waals surface area contributed by atoms with Crippen LogP contribution in [0, 0.1) is 10.1 Å². The number of rotatable bonds is 5. The number of unbranched alkanes of at least 4 members (excludes halogenated alkanes) is 1. The zero-order chi connectivity index (χ0) is 9.68. The van der Waals surface area contributed by atoms with Crippen LogP contribution in [0.1, 0.15) is 18.5 Å². The van der Waals surface area contributed by atoms with Gasteiger partial charge in [0.1, 0.15) is 18.2 Å². The standard InChI is InChI=1S/C7H9N3O3/c11-4-2-1-3-6-5-8-7(9-6)10(12)13/h4-5H,1-3H2,(H,8,9). The van der Waals surface area contributed by atoms with Gasteiger partial charge in [0.25, 0.3) is 0 Å². The van der Waals surface area contributed by atoms with Crippen molar-refractivity contribution in [3.05, 3.63) is 22.0 Å². The van der Waals surface area contributed by atoms with E-state index < -0.39 is 4.92 Å². The molecule has 1 heterocycles. The third-order valence-corrected chi connectivity index (χ3v) is 1.56. The molecule has 0 aliphatic heterocycles. The van der Waals surface area contributed by atoms with Crippen LogP contribution in [0.2, 0.25) is 0 Å². The molecule has 1 rings (SSSR count). The summed E-state index contributed by atoms with van der Waals surface area (Å²) in [5, 5.41) is 10.2. The van der Waals surface area contributed by atoms with Crippen LogP contribution in [0.25, 0.3) is 0 Å². The van der Waals surface area contributed by atoms with Gasteiger partial charge in [-0.25, -0.2) is 4.98 Å². The van der Waals surface area contributed by atoms with Gasteiger partial charge in [-0.05, 0) is 11.3 Å². The molecule has 6 heteroatoms. The summed E-state index contributed by atoms with van der Waals surface area (Å²) < 4.78 is 0. The first-order chi connectivity index (χ1) is 6.24. The molecule has 0 bridgehead atoms. The maximum Gasteiger partial charge on any atom is 0.432 e. The van der Waals surface area contributed by atoms with E-state index in [2.05, 4.69) is 9.97 Å². The lowest BCUT2D eigenvalue weighted by Crippen LogP contribution is -1.91. The van der Waals surface area contributed by atoms with Gasteiger partial charge in [0.15, 0.2) is 0 Å². The summed E-state index contributed by atoms with van der Waals surface area (Å²) in [6.45, 7) is 0. The van der Waals surface area contributed by atoms with Crippen LogP contribution in [0.5, 0.6) is 0 Å². The Morgan fingerprint density at radius 3 is 3.00 bits per heavy atom. The second-order valence-corrected chi connectivity index (χ2v) is 2.55. The maximum absolute atomic E-state index is 10.2. The summed E-state index contributed by atoms with van der Waals surface area (Å²) in [7, 11) is 0. The summed E-state index contributed by atoms with van der Waals surface area (Å²) >= 11 is 0. The fraction of sp³-hybridized carbons (Fsp3) is 0.429. The quantitative estimate of drug-likeness (QED) is 0.317. The number of imidazole rings is 1. The zero-order valence-electron chi connectivity index (χ0n) is 6.90. The highest BCUT2D eigenvalue weighted by Gasteiger charge is 2.09. The summed E-state index contributed by atoms with van der Waals surface area (Å²) in [4.78, 5) is 25.7. The number of hydrogen-bond acceptors (Lipinski definition) is 4. The van der Waals surface area contributed by atoms with E-state index in [1.54, 1.807) is 0 Å². The molecule has 1 N–H and O–H groups in total. The van der Waals surface area contributed by atoms with E-state index in [-0.39, 0.29) is 5.95 Å². The van der Waals surface area contributed by atoms with Gasteiger partial charge in [-0.15, -0.1) is 0 Å². The Labute approximate surface area is 74.1 Å². The minimum atomic E-state index is -0.580. The third-order valence-electron chi connectivity index (χ3n) is 1.56. The number of aromatic amines is 1. The molecule has 70 valence electrons. The number of carbonyl (C=O) groups is 1. The predicted molar refractivity (Wildman–Crippen MR) is 44.2 cm³/mol. The molecule has 6 nitrogen and oxygen atoms in total. The first kappa shape index (κ1) is 9.37. The van der Waals surface area contributed by atoms with E-state index in [0.29, 0.717) is 25.0 Å². The number of aryl methyl sites for hydroxylation is 1. The first-order valence-electron chi connectivity index (χ1n) is 3.86. The SMILES string of the molecule is O=CCCCc1cnc([N+](=O)[O-])[nH]1. The Kier molecular flexibility index (Phi) is 3.13. The summed E-state index contributed by atoms with van der Waals surface area (Å²) in [5.74, 6) is -0.249. The van der Waals surface area contributed by atoms with Crippen molar-refractivity contribution in [2.75, 3.05) is 0 Å². The van der Waals surface area contributed by atoms with Gasteiger partial charge in [0.2, 0.25) is 0 Å². The van der Waals surface area contributed by atoms with Gasteiger partial charge in [0, 0.05) is 12.8 Å². The lowest BCUT2D eigenvalue weighted by molar-refractivity contribution is -0.393. The van der Waals surface area contributed by atoms with E-state index in [4.69, 9.17) is 0 Å². The lowest BCUT2D eigenvalue weighted by atomic mass is 10.2. The Morgan fingerprint density at radius 2 is 2.46 bits per heavy atom. The van der Waals surface area contributed by atoms with Crippen molar-refractivity contribution in [3.8, 4) is 0 Å². The Balaban J connectivity index is 2.49. The first-order valence-corrected chi connectivity index (χ1v) is 3.86. The van der Waals surface area contributed by atoms with Crippen molar-refractivity contribution < 1.29 is 9.72 Å². The lowest BCUT2D eigenvalue weighted by Gasteiger charge is -1.89. The summed E-state index contributed by atoms with van der Waals surface area (Å²) in [6.07, 6.45) is 4.00. The van der Waals surface area contributed by atoms with E-state index in [1.807, 2.05) is 0 Å². The van der Waals surface area contributed by atoms with Gasteiger partial charge < -0.3 is 14.9 Å². The number of nitrogens with zero attached hydrogens (tertiary/aromatic N) is 2. The van der Waals surface area contributed by atoms with E-state index >= 15 is 0 Å². The average Bonchev–Trinajstić information content (AvgIpc) is 2.53. The monoisotopic (exact) mass is 183 g/mol. The fourth-order valence-electron chi connectivity index (χ4n) is 0.943. The van der Waals surface area contributed by atoms with Crippen LogP contribution in [0.3, 0.4) is 0 Å². The molecule has 0 aromatic carbocycles. The van der Waals surface area contributed by atoms with Crippen molar-refractivity contribution in [1.82, 2.24) is 9.97 Å². The molecule has 0 saturated heterocycles. The van der Waals surface area contributed by atoms with Crippen LogP contribution in [-0.4, -0.2) is 21.2 Å². The highest BCUT2D eigenvalue weighted by atomic mass is 16.6.